The van der Waals surface area contributed by atoms with Crippen molar-refractivity contribution < 1.29 is 22.0 Å². The number of aryl methyl sites for hydroxylation is 1. The third-order valence-corrected chi connectivity index (χ3v) is 4.17. The first-order valence-corrected chi connectivity index (χ1v) is 7.44. The number of rotatable bonds is 2. The van der Waals surface area contributed by atoms with Gasteiger partial charge in [0.1, 0.15) is 22.8 Å². The molecule has 3 rings (SSSR count). The van der Waals surface area contributed by atoms with E-state index in [1.54, 1.807) is 0 Å². The van der Waals surface area contributed by atoms with E-state index < -0.39 is 58.8 Å². The van der Waals surface area contributed by atoms with Gasteiger partial charge >= 0.3 is 0 Å². The van der Waals surface area contributed by atoms with E-state index in [-0.39, 0.29) is 24.5 Å². The first kappa shape index (κ1) is 16.7. The summed E-state index contributed by atoms with van der Waals surface area (Å²) in [4.78, 5) is 7.48. The van der Waals surface area contributed by atoms with E-state index in [2.05, 4.69) is 15.3 Å². The van der Waals surface area contributed by atoms with Crippen LogP contribution in [0, 0.1) is 24.4 Å². The number of hydrogen-bond donors (Lipinski definition) is 2. The second-order valence-corrected chi connectivity index (χ2v) is 5.97. The lowest BCUT2D eigenvalue weighted by atomic mass is 9.92. The summed E-state index contributed by atoms with van der Waals surface area (Å²) in [6.45, 7) is 1.44. The zero-order valence-electron chi connectivity index (χ0n) is 12.8. The van der Waals surface area contributed by atoms with E-state index in [1.165, 1.54) is 6.92 Å². The third kappa shape index (κ3) is 2.83. The third-order valence-electron chi connectivity index (χ3n) is 4.17. The van der Waals surface area contributed by atoms with E-state index in [0.717, 1.165) is 0 Å². The second kappa shape index (κ2) is 5.71. The number of benzene rings is 1. The average molecular weight is 346 g/mol. The maximum Gasteiger partial charge on any atom is 0.248 e. The summed E-state index contributed by atoms with van der Waals surface area (Å²) in [6.07, 6.45) is -0.733. The predicted molar refractivity (Wildman–Crippen MR) is 79.4 cm³/mol. The molecule has 2 aromatic rings. The molecule has 9 heteroatoms. The van der Waals surface area contributed by atoms with Crippen LogP contribution in [-0.2, 0) is 0 Å². The Morgan fingerprint density at radius 2 is 1.67 bits per heavy atom. The van der Waals surface area contributed by atoms with Gasteiger partial charge in [0.2, 0.25) is 5.92 Å². The van der Waals surface area contributed by atoms with Gasteiger partial charge in [-0.1, -0.05) is 0 Å². The lowest BCUT2D eigenvalue weighted by molar-refractivity contribution is -0.0361. The van der Waals surface area contributed by atoms with Crippen LogP contribution in [0.5, 0.6) is 0 Å². The molecule has 1 aromatic heterocycles. The Morgan fingerprint density at radius 1 is 1.04 bits per heavy atom. The zero-order valence-corrected chi connectivity index (χ0v) is 12.8. The van der Waals surface area contributed by atoms with Gasteiger partial charge in [-0.15, -0.1) is 0 Å². The van der Waals surface area contributed by atoms with Crippen LogP contribution in [0.1, 0.15) is 31.5 Å². The minimum atomic E-state index is -2.78. The average Bonchev–Trinajstić information content (AvgIpc) is 2.50. The van der Waals surface area contributed by atoms with E-state index in [1.807, 2.05) is 0 Å². The second-order valence-electron chi connectivity index (χ2n) is 5.97. The topological polar surface area (TPSA) is 63.8 Å². The number of nitrogens with zero attached hydrogens (tertiary/aromatic N) is 2. The molecule has 0 unspecified atom stereocenters. The van der Waals surface area contributed by atoms with Crippen LogP contribution in [0.25, 0.3) is 10.9 Å². The fourth-order valence-electron chi connectivity index (χ4n) is 2.92. The molecule has 0 spiro atoms. The highest BCUT2D eigenvalue weighted by atomic mass is 19.3. The van der Waals surface area contributed by atoms with E-state index >= 15 is 0 Å². The highest BCUT2D eigenvalue weighted by molar-refractivity contribution is 5.91. The molecule has 1 fully saturated rings. The summed E-state index contributed by atoms with van der Waals surface area (Å²) in [6, 6.07) is -0.578. The quantitative estimate of drug-likeness (QED) is 0.639. The maximum atomic E-state index is 14.6. The number of fused-ring (bicyclic) bond motifs is 1. The molecular weight excluding hydrogens is 331 g/mol. The van der Waals surface area contributed by atoms with Crippen molar-refractivity contribution in [3.8, 4) is 0 Å². The largest absolute Gasteiger partial charge is 0.383 e. The van der Waals surface area contributed by atoms with Crippen molar-refractivity contribution in [2.75, 3.05) is 11.1 Å². The lowest BCUT2D eigenvalue weighted by Gasteiger charge is -2.29. The fraction of sp³-hybridized carbons (Fsp3) is 0.467. The molecule has 3 N–H and O–H groups in total. The minimum Gasteiger partial charge on any atom is -0.383 e. The molecule has 1 aliphatic rings. The van der Waals surface area contributed by atoms with Crippen LogP contribution in [0.2, 0.25) is 0 Å². The number of alkyl halides is 2. The highest BCUT2D eigenvalue weighted by Crippen LogP contribution is 2.37. The standard InChI is InChI=1S/C15H15F5N4/c1-6-22-12-8(14(21)23-6)9(16)10(17)13(11(12)18)24-7-2-4-15(19,20)5-3-7/h7,24H,2-5H2,1H3,(H2,21,22,23). The Balaban J connectivity index is 2.03. The van der Waals surface area contributed by atoms with Crippen LogP contribution in [-0.4, -0.2) is 21.9 Å². The van der Waals surface area contributed by atoms with E-state index in [9.17, 15) is 22.0 Å². The number of hydrogen-bond acceptors (Lipinski definition) is 4. The monoisotopic (exact) mass is 346 g/mol. The summed E-state index contributed by atoms with van der Waals surface area (Å²) in [5.41, 5.74) is 4.37. The summed E-state index contributed by atoms with van der Waals surface area (Å²) in [7, 11) is 0. The van der Waals surface area contributed by atoms with Gasteiger partial charge in [-0.05, 0) is 19.8 Å². The summed E-state index contributed by atoms with van der Waals surface area (Å²) < 4.78 is 69.4. The molecule has 130 valence electrons. The summed E-state index contributed by atoms with van der Waals surface area (Å²) >= 11 is 0. The Bertz CT molecular complexity index is 799. The number of nitrogens with one attached hydrogen (secondary N) is 1. The van der Waals surface area contributed by atoms with Crippen molar-refractivity contribution in [3.63, 3.8) is 0 Å². The number of nitrogen functional groups attached to an aromatic ring is 1. The lowest BCUT2D eigenvalue weighted by Crippen LogP contribution is -2.32. The van der Waals surface area contributed by atoms with Gasteiger partial charge in [-0.25, -0.2) is 31.9 Å². The number of aromatic nitrogens is 2. The van der Waals surface area contributed by atoms with Crippen LogP contribution in [0.4, 0.5) is 33.5 Å². The van der Waals surface area contributed by atoms with Crippen molar-refractivity contribution in [1.82, 2.24) is 9.97 Å². The highest BCUT2D eigenvalue weighted by Gasteiger charge is 2.36. The molecule has 1 saturated carbocycles. The predicted octanol–water partition coefficient (Wildman–Crippen LogP) is 3.93. The van der Waals surface area contributed by atoms with Crippen molar-refractivity contribution in [3.05, 3.63) is 23.3 Å². The normalized spacial score (nSPS) is 18.1. The first-order chi connectivity index (χ1) is 11.2. The smallest absolute Gasteiger partial charge is 0.248 e. The van der Waals surface area contributed by atoms with Gasteiger partial charge < -0.3 is 11.1 Å². The van der Waals surface area contributed by atoms with Gasteiger partial charge in [-0.3, -0.25) is 0 Å². The molecule has 0 radical (unpaired) electrons. The molecule has 1 heterocycles. The van der Waals surface area contributed by atoms with Crippen LogP contribution in [0.15, 0.2) is 0 Å². The van der Waals surface area contributed by atoms with Crippen molar-refractivity contribution in [2.24, 2.45) is 0 Å². The molecule has 4 nitrogen and oxygen atoms in total. The van der Waals surface area contributed by atoms with Crippen molar-refractivity contribution in [1.29, 1.82) is 0 Å². The number of halogens is 5. The molecular formula is C15H15F5N4. The number of anilines is 2. The first-order valence-electron chi connectivity index (χ1n) is 7.44. The molecule has 1 aliphatic carbocycles. The van der Waals surface area contributed by atoms with E-state index in [0.29, 0.717) is 0 Å². The Kier molecular flexibility index (Phi) is 3.97. The van der Waals surface area contributed by atoms with Gasteiger partial charge in [0.25, 0.3) is 0 Å². The van der Waals surface area contributed by atoms with Crippen LogP contribution < -0.4 is 11.1 Å². The molecule has 1 aromatic carbocycles. The zero-order chi connectivity index (χ0) is 17.6. The summed E-state index contributed by atoms with van der Waals surface area (Å²) in [5.74, 6) is -6.98. The number of nitrogens with two attached hydrogens (primary N) is 1. The van der Waals surface area contributed by atoms with Crippen molar-refractivity contribution >= 4 is 22.4 Å². The fourth-order valence-corrected chi connectivity index (χ4v) is 2.92. The van der Waals surface area contributed by atoms with Crippen LogP contribution in [0.3, 0.4) is 0 Å². The minimum absolute atomic E-state index is 0.0243. The molecule has 0 amide bonds. The van der Waals surface area contributed by atoms with Gasteiger partial charge in [-0.2, -0.15) is 0 Å². The van der Waals surface area contributed by atoms with Gasteiger partial charge in [0.05, 0.1) is 5.39 Å². The maximum absolute atomic E-state index is 14.6. The van der Waals surface area contributed by atoms with Crippen LogP contribution >= 0.6 is 0 Å². The van der Waals surface area contributed by atoms with Gasteiger partial charge in [0, 0.05) is 18.9 Å². The Labute approximate surface area is 134 Å². The molecule has 0 saturated heterocycles. The molecule has 0 aliphatic heterocycles. The van der Waals surface area contributed by atoms with E-state index in [4.69, 9.17) is 5.73 Å². The van der Waals surface area contributed by atoms with Crippen molar-refractivity contribution in [2.45, 2.75) is 44.6 Å². The molecule has 24 heavy (non-hydrogen) atoms. The molecule has 0 atom stereocenters. The van der Waals surface area contributed by atoms with Gasteiger partial charge in [0.15, 0.2) is 17.5 Å². The molecule has 0 bridgehead atoms. The SMILES string of the molecule is Cc1nc(N)c2c(F)c(F)c(NC3CCC(F)(F)CC3)c(F)c2n1. The Hall–Kier alpha value is -2.19. The summed E-state index contributed by atoms with van der Waals surface area (Å²) in [5, 5.41) is 1.97. The Morgan fingerprint density at radius 3 is 2.29 bits per heavy atom.